The summed E-state index contributed by atoms with van der Waals surface area (Å²) in [5.41, 5.74) is -3.54. The number of carbonyl (C=O) groups is 2. The maximum Gasteiger partial charge on any atom is 1.00 e. The van der Waals surface area contributed by atoms with Gasteiger partial charge in [-0.05, 0) is 85.6 Å². The van der Waals surface area contributed by atoms with Crippen LogP contribution in [0, 0.1) is 0 Å². The van der Waals surface area contributed by atoms with Crippen molar-refractivity contribution >= 4 is 143 Å². The molecule has 0 saturated heterocycles. The molecule has 2 heterocycles. The van der Waals surface area contributed by atoms with Crippen LogP contribution in [-0.4, -0.2) is 161 Å². The van der Waals surface area contributed by atoms with Crippen molar-refractivity contribution in [2.24, 2.45) is 0 Å². The number of anilines is 10. The van der Waals surface area contributed by atoms with Crippen LogP contribution >= 0.6 is 0 Å². The average molecular weight is 1500 g/mol. The van der Waals surface area contributed by atoms with Crippen molar-refractivity contribution in [3.8, 4) is 0 Å². The van der Waals surface area contributed by atoms with Gasteiger partial charge in [-0.2, -0.15) is 29.9 Å². The van der Waals surface area contributed by atoms with E-state index < -0.39 is 191 Å². The van der Waals surface area contributed by atoms with Gasteiger partial charge >= 0.3 is 236 Å². The van der Waals surface area contributed by atoms with Gasteiger partial charge in [0.1, 0.15) is 60.7 Å². The number of aliphatic carboxylic acids is 2. The van der Waals surface area contributed by atoms with E-state index in [1.54, 1.807) is 0 Å². The number of nitrogens with one attached hydrogen (secondary N) is 5. The van der Waals surface area contributed by atoms with E-state index in [1.165, 1.54) is 18.7 Å². The zero-order valence-corrected chi connectivity index (χ0v) is 72.2. The summed E-state index contributed by atoms with van der Waals surface area (Å²) in [6.45, 7) is 8.04. The minimum Gasteiger partial charge on any atom is -0.744 e. The molecule has 0 saturated carbocycles. The van der Waals surface area contributed by atoms with E-state index in [9.17, 15) is 108 Å². The van der Waals surface area contributed by atoms with Crippen LogP contribution in [0.2, 0.25) is 0 Å². The first-order valence-electron chi connectivity index (χ1n) is 23.0. The summed E-state index contributed by atoms with van der Waals surface area (Å²) in [6.07, 6.45) is -1.88. The van der Waals surface area contributed by atoms with E-state index in [0.29, 0.717) is 48.5 Å². The quantitative estimate of drug-likeness (QED) is 0.0115. The summed E-state index contributed by atoms with van der Waals surface area (Å²) >= 11 is 0. The fraction of sp³-hybridized carbons (Fsp3) is 0.182. The number of benzene rings is 4. The number of carbonyl (C=O) groups excluding carboxylic acids is 2. The molecule has 4 aromatic carbocycles. The molecule has 6 aromatic rings. The Kier molecular flexibility index (Phi) is 44.8. The Balaban J connectivity index is -0.00000401. The molecular formula is C44H40N12Na8O24S6. The third-order valence-electron chi connectivity index (χ3n) is 10.5. The molecule has 7 N–H and O–H groups in total. The number of aliphatic hydroxyl groups excluding tert-OH is 2. The Morgan fingerprint density at radius 3 is 1.10 bits per heavy atom. The van der Waals surface area contributed by atoms with Crippen LogP contribution in [0.15, 0.2) is 115 Å². The number of carboxylic acids is 2. The molecule has 3 atom stereocenters. The number of hydrogen-bond acceptors (Lipinski definition) is 36. The van der Waals surface area contributed by atoms with Crippen molar-refractivity contribution in [2.45, 2.75) is 67.9 Å². The number of nitrogens with zero attached hydrogens (tertiary/aromatic N) is 7. The molecule has 0 spiro atoms. The fourth-order valence-electron chi connectivity index (χ4n) is 7.13. The van der Waals surface area contributed by atoms with Crippen molar-refractivity contribution in [3.63, 3.8) is 0 Å². The van der Waals surface area contributed by atoms with E-state index in [-0.39, 0.29) is 255 Å². The standard InChI is InChI=1S/C42H44N12O24S6.C2H4.8Na/c1-20(55)18-54(19-21(2)56)42-52-38(50-41(53-42)46-29-16-27(80(64,65)66)10-12-32(29)82(70,71)72)44-25-8-6-23(34(14-25)84(76,77)78)4-3-22-5-7-24(13-33(22)83(73,74)75)43-37-48-39(51-40(49-37)47-30(36(59)60)17-35(57)58)45-28-15-26(79(61,62)63)9-11-31(28)81(67,68)69;1-2;;;;;;;;/h3-16,20-21,30,55-56H,17-19H2,1-2H3,(H,57,58)(H,59,60)(H,61,62,63)(H,64,65,66)(H,67,68,69)(H,70,71,72)(H,73,74,75)(H,76,77,78)(H2,44,46,50,52,53)(H3,43,45,47,48,49,51);1-2H2;;;;;;;;/q;;8*+1/p-8/t20?,21?,30-;;;;;;;;;/m0........./s1. The van der Waals surface area contributed by atoms with E-state index in [0.717, 1.165) is 36.4 Å². The normalized spacial score (nSPS) is 12.2. The molecule has 0 amide bonds. The minimum absolute atomic E-state index is 0. The molecule has 94 heavy (non-hydrogen) atoms. The van der Waals surface area contributed by atoms with Gasteiger partial charge in [0, 0.05) is 36.9 Å². The number of hydrogen-bond donors (Lipinski definition) is 7. The Bertz CT molecular complexity index is 4380. The average Bonchev–Trinajstić information content (AvgIpc) is 0.813. The first kappa shape index (κ1) is 99.9. The number of aromatic nitrogens is 6. The van der Waals surface area contributed by atoms with Crippen LogP contribution in [0.4, 0.5) is 58.4 Å². The molecule has 0 aliphatic carbocycles. The largest absolute Gasteiger partial charge is 1.00 e. The zero-order chi connectivity index (χ0) is 64.7. The van der Waals surface area contributed by atoms with E-state index in [1.807, 2.05) is 5.32 Å². The summed E-state index contributed by atoms with van der Waals surface area (Å²) in [6, 6.07) is 5.95. The minimum atomic E-state index is -5.57. The van der Waals surface area contributed by atoms with Gasteiger partial charge in [0.15, 0.2) is 0 Å². The summed E-state index contributed by atoms with van der Waals surface area (Å²) in [5, 5.41) is 54.9. The van der Waals surface area contributed by atoms with Gasteiger partial charge in [0.2, 0.25) is 35.7 Å². The molecular weight excluding hydrogens is 1460 g/mol. The summed E-state index contributed by atoms with van der Waals surface area (Å²) in [5.74, 6) is -8.39. The summed E-state index contributed by atoms with van der Waals surface area (Å²) in [4.78, 5) is 41.4. The predicted molar refractivity (Wildman–Crippen MR) is 284 cm³/mol. The monoisotopic (exact) mass is 1500 g/mol. The van der Waals surface area contributed by atoms with Crippen molar-refractivity contribution in [2.75, 3.05) is 44.6 Å². The van der Waals surface area contributed by atoms with Crippen molar-refractivity contribution in [3.05, 3.63) is 97.1 Å². The van der Waals surface area contributed by atoms with Crippen LogP contribution < -0.4 is 278 Å². The molecule has 0 fully saturated rings. The van der Waals surface area contributed by atoms with Crippen LogP contribution in [-0.2, 0) is 70.3 Å². The molecule has 36 nitrogen and oxygen atoms in total. The molecule has 0 bridgehead atoms. The van der Waals surface area contributed by atoms with Gasteiger partial charge in [-0.25, -0.2) is 50.5 Å². The molecule has 0 radical (unpaired) electrons. The summed E-state index contributed by atoms with van der Waals surface area (Å²) < 4.78 is 220. The predicted octanol–water partition coefficient (Wildman–Crippen LogP) is -26.3. The third kappa shape index (κ3) is 30.6. The third-order valence-corrected chi connectivity index (χ3v) is 15.7. The van der Waals surface area contributed by atoms with Crippen LogP contribution in [0.25, 0.3) is 12.2 Å². The van der Waals surface area contributed by atoms with Gasteiger partial charge < -0.3 is 88.8 Å². The molecule has 2 aromatic heterocycles. The Morgan fingerprint density at radius 1 is 0.468 bits per heavy atom. The summed E-state index contributed by atoms with van der Waals surface area (Å²) in [7, 11) is -32.6. The number of carboxylic acid groups (broad SMARTS) is 2. The SMILES string of the molecule is C=C.CC(O)CN(CC(C)O)c1nc(Nc2ccc(C=Cc3ccc(Nc4nc(Nc5cc(S(=O)(=O)[O-])ccc5S(=O)(=O)[O-])nc(N[C@@H](CC(=O)[O-])C(=O)[O-])n4)cc3S(=O)(=O)[O-])c(S(=O)(=O)[O-])c2)nc(Nc2cc(S(=O)(=O)[O-])ccc2S(=O)(=O)[O-])n1.[Na+].[Na+].[Na+].[Na+].[Na+].[Na+].[Na+].[Na+]. The number of aliphatic hydroxyl groups is 2. The Labute approximate surface area is 715 Å². The van der Waals surface area contributed by atoms with Crippen molar-refractivity contribution < 1.29 is 344 Å². The van der Waals surface area contributed by atoms with Crippen LogP contribution in [0.3, 0.4) is 0 Å². The smallest absolute Gasteiger partial charge is 0.744 e. The molecule has 6 rings (SSSR count). The van der Waals surface area contributed by atoms with Gasteiger partial charge in [-0.15, -0.1) is 13.2 Å². The zero-order valence-electron chi connectivity index (χ0n) is 51.3. The fourth-order valence-corrected chi connectivity index (χ4v) is 10.7. The Hall–Kier alpha value is -0.500. The first-order valence-corrected chi connectivity index (χ1v) is 31.5. The van der Waals surface area contributed by atoms with Gasteiger partial charge in [0.25, 0.3) is 0 Å². The van der Waals surface area contributed by atoms with Gasteiger partial charge in [0.05, 0.1) is 65.0 Å². The maximum atomic E-state index is 12.8. The molecule has 50 heteroatoms. The second-order valence-corrected chi connectivity index (χ2v) is 25.3. The molecule has 0 aliphatic heterocycles. The van der Waals surface area contributed by atoms with Crippen molar-refractivity contribution in [1.29, 1.82) is 0 Å². The van der Waals surface area contributed by atoms with Gasteiger partial charge in [-0.1, -0.05) is 24.3 Å². The Morgan fingerprint density at radius 2 is 0.787 bits per heavy atom. The molecule has 2 unspecified atom stereocenters. The molecule has 0 aliphatic rings. The maximum absolute atomic E-state index is 12.8. The topological polar surface area (TPSA) is 605 Å². The second-order valence-electron chi connectivity index (χ2n) is 17.2. The second kappa shape index (κ2) is 42.2. The van der Waals surface area contributed by atoms with E-state index in [2.05, 4.69) is 64.3 Å². The van der Waals surface area contributed by atoms with Crippen LogP contribution in [0.1, 0.15) is 31.4 Å². The van der Waals surface area contributed by atoms with Crippen molar-refractivity contribution in [1.82, 2.24) is 29.9 Å². The van der Waals surface area contributed by atoms with E-state index >= 15 is 0 Å². The van der Waals surface area contributed by atoms with Gasteiger partial charge in [-0.3, -0.25) is 0 Å². The van der Waals surface area contributed by atoms with Crippen LogP contribution in [0.5, 0.6) is 0 Å². The number of rotatable bonds is 26. The van der Waals surface area contributed by atoms with E-state index in [4.69, 9.17) is 0 Å². The first-order chi connectivity index (χ1) is 39.6. The molecule has 464 valence electrons.